The van der Waals surface area contributed by atoms with Crippen molar-refractivity contribution in [2.75, 3.05) is 7.11 Å². The predicted octanol–water partition coefficient (Wildman–Crippen LogP) is 1.45. The van der Waals surface area contributed by atoms with E-state index in [1.165, 1.54) is 7.11 Å². The molecule has 0 fully saturated rings. The molecule has 1 aromatic carbocycles. The van der Waals surface area contributed by atoms with Crippen LogP contribution in [0, 0.1) is 15.9 Å². The highest BCUT2D eigenvalue weighted by atomic mass is 19.1. The summed E-state index contributed by atoms with van der Waals surface area (Å²) in [4.78, 5) is 9.38. The van der Waals surface area contributed by atoms with Gasteiger partial charge in [0, 0.05) is 6.07 Å². The van der Waals surface area contributed by atoms with E-state index < -0.39 is 22.2 Å². The number of aromatic hydroxyl groups is 1. The Labute approximate surface area is 72.5 Å². The first-order valence-electron chi connectivity index (χ1n) is 3.27. The van der Waals surface area contributed by atoms with Crippen LogP contribution in [0.4, 0.5) is 10.1 Å². The molecule has 13 heavy (non-hydrogen) atoms. The number of nitro groups is 1. The summed E-state index contributed by atoms with van der Waals surface area (Å²) in [5.74, 6) is -2.07. The second kappa shape index (κ2) is 3.26. The van der Waals surface area contributed by atoms with Crippen molar-refractivity contribution in [2.45, 2.75) is 0 Å². The molecule has 1 N–H and O–H groups in total. The highest BCUT2D eigenvalue weighted by Gasteiger charge is 2.19. The zero-order valence-electron chi connectivity index (χ0n) is 6.65. The first kappa shape index (κ1) is 9.24. The topological polar surface area (TPSA) is 72.6 Å². The maximum atomic E-state index is 12.8. The van der Waals surface area contributed by atoms with Crippen LogP contribution in [0.1, 0.15) is 0 Å². The van der Waals surface area contributed by atoms with Gasteiger partial charge >= 0.3 is 5.69 Å². The van der Waals surface area contributed by atoms with E-state index in [0.29, 0.717) is 0 Å². The Bertz CT molecular complexity index is 353. The van der Waals surface area contributed by atoms with E-state index in [1.54, 1.807) is 0 Å². The van der Waals surface area contributed by atoms with Gasteiger partial charge < -0.3 is 9.84 Å². The molecule has 6 heteroatoms. The Hall–Kier alpha value is -1.85. The number of ether oxygens (including phenoxy) is 1. The fraction of sp³-hybridized carbons (Fsp3) is 0.143. The summed E-state index contributed by atoms with van der Waals surface area (Å²) in [6.07, 6.45) is 0. The van der Waals surface area contributed by atoms with Crippen LogP contribution in [-0.4, -0.2) is 17.1 Å². The number of nitro benzene ring substituents is 1. The lowest BCUT2D eigenvalue weighted by Crippen LogP contribution is -1.93. The molecule has 0 amide bonds. The molecule has 0 atom stereocenters. The summed E-state index contributed by atoms with van der Waals surface area (Å²) >= 11 is 0. The largest absolute Gasteiger partial charge is 0.500 e. The Balaban J connectivity index is 3.33. The van der Waals surface area contributed by atoms with E-state index in [-0.39, 0.29) is 5.75 Å². The SMILES string of the molecule is COc1cc(F)c(O)c([N+](=O)[O-])c1. The summed E-state index contributed by atoms with van der Waals surface area (Å²) in [6, 6.07) is 1.81. The van der Waals surface area contributed by atoms with Gasteiger partial charge in [0.05, 0.1) is 18.1 Å². The number of hydrogen-bond acceptors (Lipinski definition) is 4. The van der Waals surface area contributed by atoms with E-state index in [9.17, 15) is 14.5 Å². The lowest BCUT2D eigenvalue weighted by Gasteiger charge is -2.01. The molecule has 1 rings (SSSR count). The van der Waals surface area contributed by atoms with Crippen LogP contribution in [0.2, 0.25) is 0 Å². The van der Waals surface area contributed by atoms with Crippen LogP contribution in [0.3, 0.4) is 0 Å². The number of halogens is 1. The van der Waals surface area contributed by atoms with Crippen molar-refractivity contribution in [1.29, 1.82) is 0 Å². The summed E-state index contributed by atoms with van der Waals surface area (Å²) < 4.78 is 17.3. The predicted molar refractivity (Wildman–Crippen MR) is 41.3 cm³/mol. The fourth-order valence-electron chi connectivity index (χ4n) is 0.817. The summed E-state index contributed by atoms with van der Waals surface area (Å²) in [5, 5.41) is 19.2. The molecule has 0 saturated carbocycles. The smallest absolute Gasteiger partial charge is 0.317 e. The molecule has 1 aromatic rings. The van der Waals surface area contributed by atoms with Crippen LogP contribution in [0.15, 0.2) is 12.1 Å². The van der Waals surface area contributed by atoms with Gasteiger partial charge in [-0.3, -0.25) is 10.1 Å². The van der Waals surface area contributed by atoms with Gasteiger partial charge in [0.1, 0.15) is 5.75 Å². The van der Waals surface area contributed by atoms with E-state index in [1.807, 2.05) is 0 Å². The summed E-state index contributed by atoms with van der Waals surface area (Å²) in [6.45, 7) is 0. The van der Waals surface area contributed by atoms with Crippen LogP contribution < -0.4 is 4.74 Å². The first-order chi connectivity index (χ1) is 6.06. The maximum absolute atomic E-state index is 12.8. The highest BCUT2D eigenvalue weighted by molar-refractivity contribution is 5.50. The molecule has 0 aromatic heterocycles. The normalized spacial score (nSPS) is 9.69. The first-order valence-corrected chi connectivity index (χ1v) is 3.27. The monoisotopic (exact) mass is 187 g/mol. The van der Waals surface area contributed by atoms with Gasteiger partial charge in [-0.1, -0.05) is 0 Å². The van der Waals surface area contributed by atoms with Crippen molar-refractivity contribution >= 4 is 5.69 Å². The Morgan fingerprint density at radius 1 is 1.62 bits per heavy atom. The number of methoxy groups -OCH3 is 1. The van der Waals surface area contributed by atoms with Crippen molar-refractivity contribution in [1.82, 2.24) is 0 Å². The molecule has 70 valence electrons. The molecule has 0 aliphatic heterocycles. The molecule has 5 nitrogen and oxygen atoms in total. The number of phenols is 1. The third-order valence-electron chi connectivity index (χ3n) is 1.45. The lowest BCUT2D eigenvalue weighted by atomic mass is 10.2. The molecule has 0 bridgehead atoms. The summed E-state index contributed by atoms with van der Waals surface area (Å²) in [7, 11) is 1.25. The van der Waals surface area contributed by atoms with Crippen LogP contribution in [0.5, 0.6) is 11.5 Å². The van der Waals surface area contributed by atoms with Gasteiger partial charge in [0.15, 0.2) is 5.82 Å². The number of benzene rings is 1. The minimum Gasteiger partial charge on any atom is -0.500 e. The number of hydrogen-bond donors (Lipinski definition) is 1. The van der Waals surface area contributed by atoms with Gasteiger partial charge in [0.2, 0.25) is 5.75 Å². The van der Waals surface area contributed by atoms with E-state index in [4.69, 9.17) is 5.11 Å². The third-order valence-corrected chi connectivity index (χ3v) is 1.45. The quantitative estimate of drug-likeness (QED) is 0.561. The minimum absolute atomic E-state index is 0.0120. The second-order valence-electron chi connectivity index (χ2n) is 2.23. The molecule has 0 saturated heterocycles. The Morgan fingerprint density at radius 2 is 2.23 bits per heavy atom. The molecular weight excluding hydrogens is 181 g/mol. The van der Waals surface area contributed by atoms with Crippen LogP contribution >= 0.6 is 0 Å². The van der Waals surface area contributed by atoms with Crippen LogP contribution in [0.25, 0.3) is 0 Å². The summed E-state index contributed by atoms with van der Waals surface area (Å²) in [5.41, 5.74) is -0.711. The molecule has 0 heterocycles. The molecule has 0 spiro atoms. The van der Waals surface area contributed by atoms with Gasteiger partial charge in [-0.2, -0.15) is 0 Å². The van der Waals surface area contributed by atoms with E-state index in [2.05, 4.69) is 4.74 Å². The lowest BCUT2D eigenvalue weighted by molar-refractivity contribution is -0.386. The van der Waals surface area contributed by atoms with Crippen molar-refractivity contribution in [3.8, 4) is 11.5 Å². The van der Waals surface area contributed by atoms with Crippen molar-refractivity contribution in [3.63, 3.8) is 0 Å². The highest BCUT2D eigenvalue weighted by Crippen LogP contribution is 2.32. The molecular formula is C7H6FNO4. The number of nitrogens with zero attached hydrogens (tertiary/aromatic N) is 1. The molecule has 0 radical (unpaired) electrons. The second-order valence-corrected chi connectivity index (χ2v) is 2.23. The van der Waals surface area contributed by atoms with Crippen molar-refractivity contribution in [3.05, 3.63) is 28.1 Å². The third kappa shape index (κ3) is 1.66. The van der Waals surface area contributed by atoms with Crippen molar-refractivity contribution < 1.29 is 19.2 Å². The number of rotatable bonds is 2. The van der Waals surface area contributed by atoms with Gasteiger partial charge in [-0.25, -0.2) is 4.39 Å². The maximum Gasteiger partial charge on any atom is 0.317 e. The minimum atomic E-state index is -1.08. The average molecular weight is 187 g/mol. The fourth-order valence-corrected chi connectivity index (χ4v) is 0.817. The van der Waals surface area contributed by atoms with E-state index >= 15 is 0 Å². The standard InChI is InChI=1S/C7H6FNO4/c1-13-4-2-5(8)7(10)6(3-4)9(11)12/h2-3,10H,1H3. The Morgan fingerprint density at radius 3 is 2.69 bits per heavy atom. The molecule has 0 unspecified atom stereocenters. The van der Waals surface area contributed by atoms with Crippen LogP contribution in [-0.2, 0) is 0 Å². The molecule has 0 aliphatic rings. The molecule has 0 aliphatic carbocycles. The van der Waals surface area contributed by atoms with Gasteiger partial charge in [-0.05, 0) is 0 Å². The van der Waals surface area contributed by atoms with Crippen molar-refractivity contribution in [2.24, 2.45) is 0 Å². The average Bonchev–Trinajstić information content (AvgIpc) is 2.09. The Kier molecular flexibility index (Phi) is 2.32. The van der Waals surface area contributed by atoms with E-state index in [0.717, 1.165) is 12.1 Å². The number of phenolic OH excluding ortho intramolecular Hbond substituents is 1. The zero-order chi connectivity index (χ0) is 10.0. The van der Waals surface area contributed by atoms with Gasteiger partial charge in [-0.15, -0.1) is 0 Å². The zero-order valence-corrected chi connectivity index (χ0v) is 6.65. The van der Waals surface area contributed by atoms with Gasteiger partial charge in [0.25, 0.3) is 0 Å².